The Kier molecular flexibility index (Phi) is 5.81. The van der Waals surface area contributed by atoms with Gasteiger partial charge in [-0.15, -0.1) is 0 Å². The van der Waals surface area contributed by atoms with Crippen LogP contribution in [0.15, 0.2) is 34.8 Å². The smallest absolute Gasteiger partial charge is 0.331 e. The normalized spacial score (nSPS) is 35.1. The van der Waals surface area contributed by atoms with Gasteiger partial charge in [0.15, 0.2) is 0 Å². The fourth-order valence-corrected chi connectivity index (χ4v) is 6.49. The molecule has 0 N–H and O–H groups in total. The number of carbonyl (C=O) groups excluding carboxylic acids is 1. The molecule has 4 fully saturated rings. The molecule has 0 saturated carbocycles. The maximum absolute atomic E-state index is 12.4. The molecule has 29 heavy (non-hydrogen) atoms. The minimum atomic E-state index is -0.210. The predicted molar refractivity (Wildman–Crippen MR) is 119 cm³/mol. The van der Waals surface area contributed by atoms with E-state index in [2.05, 4.69) is 25.7 Å². The molecule has 0 radical (unpaired) electrons. The maximum atomic E-state index is 12.4. The van der Waals surface area contributed by atoms with E-state index in [1.165, 1.54) is 45.1 Å². The molecule has 4 aliphatic heterocycles. The van der Waals surface area contributed by atoms with E-state index in [1.807, 2.05) is 30.3 Å². The highest BCUT2D eigenvalue weighted by Gasteiger charge is 2.47. The highest BCUT2D eigenvalue weighted by Crippen LogP contribution is 2.42. The molecule has 156 valence electrons. The molecule has 1 aromatic carbocycles. The first-order chi connectivity index (χ1) is 14.2. The minimum absolute atomic E-state index is 0.0642. The largest absolute Gasteiger partial charge is 0.459 e. The second-order valence-corrected chi connectivity index (χ2v) is 10.2. The summed E-state index contributed by atoms with van der Waals surface area (Å²) in [6, 6.07) is 10.9. The molecular formula is C24H31BrN2O2. The van der Waals surface area contributed by atoms with Crippen LogP contribution in [0.25, 0.3) is 6.08 Å². The first kappa shape index (κ1) is 19.8. The van der Waals surface area contributed by atoms with E-state index in [4.69, 9.17) is 4.74 Å². The van der Waals surface area contributed by atoms with Gasteiger partial charge in [-0.1, -0.05) is 34.5 Å². The van der Waals surface area contributed by atoms with Gasteiger partial charge < -0.3 is 4.74 Å². The summed E-state index contributed by atoms with van der Waals surface area (Å²) in [5, 5.41) is 0. The number of piperidine rings is 4. The maximum Gasteiger partial charge on any atom is 0.331 e. The van der Waals surface area contributed by atoms with E-state index in [1.54, 1.807) is 6.08 Å². The molecule has 1 aromatic rings. The van der Waals surface area contributed by atoms with Crippen LogP contribution in [0, 0.1) is 0 Å². The lowest BCUT2D eigenvalue weighted by atomic mass is 9.76. The second kappa shape index (κ2) is 8.52. The number of esters is 1. The van der Waals surface area contributed by atoms with Crippen LogP contribution in [0.4, 0.5) is 0 Å². The van der Waals surface area contributed by atoms with Gasteiger partial charge >= 0.3 is 5.97 Å². The van der Waals surface area contributed by atoms with Gasteiger partial charge in [0.25, 0.3) is 0 Å². The molecule has 0 aromatic heterocycles. The highest BCUT2D eigenvalue weighted by molar-refractivity contribution is 9.10. The predicted octanol–water partition coefficient (Wildman–Crippen LogP) is 4.63. The molecule has 0 aliphatic carbocycles. The fraction of sp³-hybridized carbons (Fsp3) is 0.625. The monoisotopic (exact) mass is 458 g/mol. The van der Waals surface area contributed by atoms with Gasteiger partial charge in [0.05, 0.1) is 0 Å². The SMILES string of the molecule is O=C(/C=C\c1ccc(Br)cc1)OC1CCN2[C@@H]3C[C@@H](C[C@@H]2C1)N1CCCC[C@@H]1C3. The van der Waals surface area contributed by atoms with Gasteiger partial charge in [0.1, 0.15) is 6.10 Å². The number of hydrogen-bond donors (Lipinski definition) is 0. The minimum Gasteiger partial charge on any atom is -0.459 e. The average molecular weight is 459 g/mol. The summed E-state index contributed by atoms with van der Waals surface area (Å²) in [5.74, 6) is -0.210. The molecule has 1 unspecified atom stereocenters. The summed E-state index contributed by atoms with van der Waals surface area (Å²) in [6.45, 7) is 2.39. The van der Waals surface area contributed by atoms with Crippen molar-refractivity contribution in [2.75, 3.05) is 13.1 Å². The summed E-state index contributed by atoms with van der Waals surface area (Å²) in [7, 11) is 0. The van der Waals surface area contributed by atoms with Crippen molar-refractivity contribution in [1.82, 2.24) is 9.80 Å². The summed E-state index contributed by atoms with van der Waals surface area (Å²) in [6.07, 6.45) is 13.6. The number of rotatable bonds is 3. The standard InChI is InChI=1S/C24H31BrN2O2/c25-18-7-4-17(5-8-18)6-9-24(28)29-23-10-12-27-20-13-19-3-1-2-11-26(19)21(14-20)15-22(27)16-23/h4-9,19-23H,1-3,10-16H2/b9-6-/t19-,20+,21+,22-,23?/m1/s1. The Morgan fingerprint density at radius 2 is 1.59 bits per heavy atom. The third kappa shape index (κ3) is 4.33. The topological polar surface area (TPSA) is 32.8 Å². The van der Waals surface area contributed by atoms with Gasteiger partial charge in [-0.25, -0.2) is 4.79 Å². The quantitative estimate of drug-likeness (QED) is 0.488. The Hall–Kier alpha value is -1.17. The van der Waals surface area contributed by atoms with E-state index in [-0.39, 0.29) is 12.1 Å². The average Bonchev–Trinajstić information content (AvgIpc) is 2.73. The van der Waals surface area contributed by atoms with Crippen LogP contribution in [0.5, 0.6) is 0 Å². The van der Waals surface area contributed by atoms with Crippen molar-refractivity contribution < 1.29 is 9.53 Å². The first-order valence-corrected chi connectivity index (χ1v) is 12.1. The number of nitrogens with zero attached hydrogens (tertiary/aromatic N) is 2. The molecule has 4 heterocycles. The van der Waals surface area contributed by atoms with Crippen LogP contribution >= 0.6 is 15.9 Å². The summed E-state index contributed by atoms with van der Waals surface area (Å²) in [4.78, 5) is 18.0. The fourth-order valence-electron chi connectivity index (χ4n) is 6.23. The Morgan fingerprint density at radius 1 is 0.897 bits per heavy atom. The van der Waals surface area contributed by atoms with Crippen molar-refractivity contribution in [3.63, 3.8) is 0 Å². The Balaban J connectivity index is 1.18. The molecule has 4 aliphatic rings. The van der Waals surface area contributed by atoms with Crippen molar-refractivity contribution in [2.45, 2.75) is 81.6 Å². The molecule has 4 saturated heterocycles. The summed E-state index contributed by atoms with van der Waals surface area (Å²) >= 11 is 3.43. The van der Waals surface area contributed by atoms with Crippen molar-refractivity contribution in [3.05, 3.63) is 40.4 Å². The van der Waals surface area contributed by atoms with E-state index in [0.717, 1.165) is 47.5 Å². The zero-order valence-electron chi connectivity index (χ0n) is 17.0. The number of halogens is 1. The van der Waals surface area contributed by atoms with Crippen LogP contribution in [0.2, 0.25) is 0 Å². The van der Waals surface area contributed by atoms with Gasteiger partial charge in [0, 0.05) is 47.7 Å². The number of carbonyl (C=O) groups is 1. The highest BCUT2D eigenvalue weighted by atomic mass is 79.9. The van der Waals surface area contributed by atoms with E-state index >= 15 is 0 Å². The second-order valence-electron chi connectivity index (χ2n) is 9.26. The molecule has 5 rings (SSSR count). The molecule has 2 bridgehead atoms. The van der Waals surface area contributed by atoms with Crippen LogP contribution in [-0.2, 0) is 9.53 Å². The summed E-state index contributed by atoms with van der Waals surface area (Å²) in [5.41, 5.74) is 1.01. The zero-order chi connectivity index (χ0) is 19.8. The Bertz CT molecular complexity index is 765. The van der Waals surface area contributed by atoms with Crippen molar-refractivity contribution in [2.24, 2.45) is 0 Å². The molecular weight excluding hydrogens is 428 g/mol. The molecule has 0 amide bonds. The van der Waals surface area contributed by atoms with Gasteiger partial charge in [-0.3, -0.25) is 9.80 Å². The van der Waals surface area contributed by atoms with Crippen LogP contribution in [-0.4, -0.2) is 59.1 Å². The van der Waals surface area contributed by atoms with Crippen molar-refractivity contribution >= 4 is 28.0 Å². The van der Waals surface area contributed by atoms with E-state index in [9.17, 15) is 4.79 Å². The van der Waals surface area contributed by atoms with Crippen molar-refractivity contribution in [3.8, 4) is 0 Å². The number of benzene rings is 1. The third-order valence-corrected chi connectivity index (χ3v) is 8.05. The lowest BCUT2D eigenvalue weighted by molar-refractivity contribution is -0.149. The number of hydrogen-bond acceptors (Lipinski definition) is 4. The van der Waals surface area contributed by atoms with Crippen LogP contribution in [0.3, 0.4) is 0 Å². The lowest BCUT2D eigenvalue weighted by Gasteiger charge is -2.58. The van der Waals surface area contributed by atoms with E-state index in [0.29, 0.717) is 6.04 Å². The molecule has 5 atom stereocenters. The van der Waals surface area contributed by atoms with Crippen molar-refractivity contribution in [1.29, 1.82) is 0 Å². The lowest BCUT2D eigenvalue weighted by Crippen LogP contribution is -2.65. The van der Waals surface area contributed by atoms with E-state index < -0.39 is 0 Å². The number of ether oxygens (including phenoxy) is 1. The number of fused-ring (bicyclic) bond motifs is 6. The first-order valence-electron chi connectivity index (χ1n) is 11.3. The molecule has 5 heteroatoms. The summed E-state index contributed by atoms with van der Waals surface area (Å²) < 4.78 is 6.88. The third-order valence-electron chi connectivity index (χ3n) is 7.52. The van der Waals surface area contributed by atoms with Gasteiger partial charge in [0.2, 0.25) is 0 Å². The van der Waals surface area contributed by atoms with Crippen LogP contribution in [0.1, 0.15) is 56.9 Å². The van der Waals surface area contributed by atoms with Gasteiger partial charge in [-0.05, 0) is 68.8 Å². The van der Waals surface area contributed by atoms with Gasteiger partial charge in [-0.2, -0.15) is 0 Å². The molecule has 4 nitrogen and oxygen atoms in total. The molecule has 0 spiro atoms. The Morgan fingerprint density at radius 3 is 2.38 bits per heavy atom. The zero-order valence-corrected chi connectivity index (χ0v) is 18.6. The van der Waals surface area contributed by atoms with Crippen LogP contribution < -0.4 is 0 Å². The Labute approximate surface area is 182 Å².